The molecule has 2 aliphatic heterocycles. The highest BCUT2D eigenvalue weighted by Gasteiger charge is 2.42. The number of rotatable bonds is 3. The summed E-state index contributed by atoms with van der Waals surface area (Å²) in [5.41, 5.74) is 0.954. The average molecular weight is 236 g/mol. The van der Waals surface area contributed by atoms with Crippen molar-refractivity contribution in [3.05, 3.63) is 16.1 Å². The molecule has 16 heavy (non-hydrogen) atoms. The predicted octanol–water partition coefficient (Wildman–Crippen LogP) is 1.70. The van der Waals surface area contributed by atoms with Gasteiger partial charge in [0.05, 0.1) is 10.7 Å². The van der Waals surface area contributed by atoms with Gasteiger partial charge in [0, 0.05) is 29.8 Å². The van der Waals surface area contributed by atoms with Crippen LogP contribution in [0.1, 0.15) is 30.0 Å². The minimum absolute atomic E-state index is 0.251. The first-order valence-electron chi connectivity index (χ1n) is 5.92. The number of hydrogen-bond acceptors (Lipinski definition) is 4. The van der Waals surface area contributed by atoms with Gasteiger partial charge >= 0.3 is 0 Å². The van der Waals surface area contributed by atoms with E-state index in [9.17, 15) is 4.79 Å². The number of aromatic nitrogens is 1. The van der Waals surface area contributed by atoms with Crippen LogP contribution in [-0.4, -0.2) is 22.9 Å². The molecule has 2 bridgehead atoms. The molecule has 3 unspecified atom stereocenters. The Balaban J connectivity index is 1.65. The van der Waals surface area contributed by atoms with Crippen LogP contribution in [0.15, 0.2) is 5.38 Å². The summed E-state index contributed by atoms with van der Waals surface area (Å²) in [7, 11) is 0. The third-order valence-electron chi connectivity index (χ3n) is 3.74. The Morgan fingerprint density at radius 3 is 3.06 bits per heavy atom. The van der Waals surface area contributed by atoms with E-state index in [1.54, 1.807) is 11.3 Å². The Kier molecular flexibility index (Phi) is 2.56. The largest absolute Gasteiger partial charge is 0.310 e. The van der Waals surface area contributed by atoms with E-state index in [1.807, 2.05) is 12.3 Å². The topological polar surface area (TPSA) is 42.0 Å². The van der Waals surface area contributed by atoms with Crippen molar-refractivity contribution in [2.45, 2.75) is 44.7 Å². The lowest BCUT2D eigenvalue weighted by atomic mass is 9.85. The third-order valence-corrected chi connectivity index (χ3v) is 4.56. The lowest BCUT2D eigenvalue weighted by Gasteiger charge is -2.18. The molecule has 2 aliphatic rings. The second-order valence-electron chi connectivity index (χ2n) is 4.89. The minimum Gasteiger partial charge on any atom is -0.310 e. The van der Waals surface area contributed by atoms with Crippen LogP contribution >= 0.6 is 11.3 Å². The molecule has 3 nitrogen and oxygen atoms in total. The number of hydrogen-bond donors (Lipinski definition) is 1. The van der Waals surface area contributed by atoms with Gasteiger partial charge in [-0.2, -0.15) is 0 Å². The molecule has 3 atom stereocenters. The van der Waals surface area contributed by atoms with Crippen LogP contribution in [-0.2, 0) is 11.2 Å². The van der Waals surface area contributed by atoms with Gasteiger partial charge < -0.3 is 5.32 Å². The smallest absolute Gasteiger partial charge is 0.143 e. The normalized spacial score (nSPS) is 32.2. The van der Waals surface area contributed by atoms with Crippen molar-refractivity contribution in [3.8, 4) is 0 Å². The SMILES string of the molecule is Cc1nc(CC(=O)C2CC3CCC2N3)cs1. The van der Waals surface area contributed by atoms with Gasteiger partial charge in [-0.1, -0.05) is 0 Å². The van der Waals surface area contributed by atoms with Crippen LogP contribution in [0.2, 0.25) is 0 Å². The van der Waals surface area contributed by atoms with Gasteiger partial charge in [-0.15, -0.1) is 11.3 Å². The van der Waals surface area contributed by atoms with E-state index in [0.29, 0.717) is 24.3 Å². The minimum atomic E-state index is 0.251. The maximum atomic E-state index is 12.1. The summed E-state index contributed by atoms with van der Waals surface area (Å²) < 4.78 is 0. The van der Waals surface area contributed by atoms with Crippen molar-refractivity contribution < 1.29 is 4.79 Å². The van der Waals surface area contributed by atoms with Crippen molar-refractivity contribution in [2.24, 2.45) is 5.92 Å². The van der Waals surface area contributed by atoms with Gasteiger partial charge in [-0.3, -0.25) is 4.79 Å². The van der Waals surface area contributed by atoms with Crippen LogP contribution < -0.4 is 5.32 Å². The van der Waals surface area contributed by atoms with Gasteiger partial charge in [0.25, 0.3) is 0 Å². The van der Waals surface area contributed by atoms with Crippen LogP contribution in [0, 0.1) is 12.8 Å². The molecule has 3 heterocycles. The summed E-state index contributed by atoms with van der Waals surface area (Å²) in [4.78, 5) is 16.5. The molecule has 1 aromatic rings. The van der Waals surface area contributed by atoms with E-state index < -0.39 is 0 Å². The highest BCUT2D eigenvalue weighted by Crippen LogP contribution is 2.34. The molecule has 0 aliphatic carbocycles. The molecule has 0 radical (unpaired) electrons. The second kappa shape index (κ2) is 3.93. The lowest BCUT2D eigenvalue weighted by Crippen LogP contribution is -2.29. The van der Waals surface area contributed by atoms with Crippen LogP contribution in [0.5, 0.6) is 0 Å². The Morgan fingerprint density at radius 1 is 1.62 bits per heavy atom. The molecule has 0 amide bonds. The fourth-order valence-electron chi connectivity index (χ4n) is 2.98. The van der Waals surface area contributed by atoms with Crippen LogP contribution in [0.3, 0.4) is 0 Å². The van der Waals surface area contributed by atoms with Crippen molar-refractivity contribution in [1.82, 2.24) is 10.3 Å². The maximum Gasteiger partial charge on any atom is 0.143 e. The molecule has 2 saturated heterocycles. The van der Waals surface area contributed by atoms with Gasteiger partial charge in [0.2, 0.25) is 0 Å². The molecule has 2 fully saturated rings. The van der Waals surface area contributed by atoms with Crippen LogP contribution in [0.4, 0.5) is 0 Å². The summed E-state index contributed by atoms with van der Waals surface area (Å²) in [6.45, 7) is 1.98. The summed E-state index contributed by atoms with van der Waals surface area (Å²) in [5.74, 6) is 0.630. The maximum absolute atomic E-state index is 12.1. The zero-order valence-electron chi connectivity index (χ0n) is 9.40. The number of nitrogens with one attached hydrogen (secondary N) is 1. The predicted molar refractivity (Wildman–Crippen MR) is 63.6 cm³/mol. The second-order valence-corrected chi connectivity index (χ2v) is 5.95. The number of carbonyl (C=O) groups is 1. The molecule has 1 aromatic heterocycles. The quantitative estimate of drug-likeness (QED) is 0.868. The molecule has 0 spiro atoms. The first kappa shape index (κ1) is 10.4. The highest BCUT2D eigenvalue weighted by atomic mass is 32.1. The van der Waals surface area contributed by atoms with Gasteiger partial charge in [-0.05, 0) is 26.2 Å². The first-order chi connectivity index (χ1) is 7.72. The highest BCUT2D eigenvalue weighted by molar-refractivity contribution is 7.09. The zero-order valence-corrected chi connectivity index (χ0v) is 10.2. The first-order valence-corrected chi connectivity index (χ1v) is 6.80. The molecule has 0 saturated carbocycles. The summed E-state index contributed by atoms with van der Waals surface area (Å²) in [6, 6.07) is 1.06. The monoisotopic (exact) mass is 236 g/mol. The number of Topliss-reactive ketones (excluding diaryl/α,β-unsaturated/α-hetero) is 1. The molecular formula is C12H16N2OS. The van der Waals surface area contributed by atoms with E-state index in [1.165, 1.54) is 12.8 Å². The number of aryl methyl sites for hydroxylation is 1. The van der Waals surface area contributed by atoms with E-state index in [-0.39, 0.29) is 5.92 Å². The molecule has 86 valence electrons. The fraction of sp³-hybridized carbons (Fsp3) is 0.667. The molecular weight excluding hydrogens is 220 g/mol. The van der Waals surface area contributed by atoms with E-state index in [0.717, 1.165) is 17.1 Å². The number of fused-ring (bicyclic) bond motifs is 2. The van der Waals surface area contributed by atoms with Gasteiger partial charge in [-0.25, -0.2) is 4.98 Å². The average Bonchev–Trinajstić information content (AvgIpc) is 2.93. The van der Waals surface area contributed by atoms with Gasteiger partial charge in [0.1, 0.15) is 5.78 Å². The Bertz CT molecular complexity index is 415. The summed E-state index contributed by atoms with van der Waals surface area (Å²) >= 11 is 1.63. The number of carbonyl (C=O) groups excluding carboxylic acids is 1. The van der Waals surface area contributed by atoms with Crippen molar-refractivity contribution >= 4 is 17.1 Å². The Labute approximate surface area is 99.3 Å². The zero-order chi connectivity index (χ0) is 11.1. The van der Waals surface area contributed by atoms with Gasteiger partial charge in [0.15, 0.2) is 0 Å². The number of nitrogens with zero attached hydrogens (tertiary/aromatic N) is 1. The molecule has 0 aromatic carbocycles. The summed E-state index contributed by atoms with van der Waals surface area (Å²) in [5, 5.41) is 6.57. The third kappa shape index (κ3) is 1.80. The van der Waals surface area contributed by atoms with E-state index in [4.69, 9.17) is 0 Å². The van der Waals surface area contributed by atoms with Crippen molar-refractivity contribution in [1.29, 1.82) is 0 Å². The standard InChI is InChI=1S/C12H16N2OS/c1-7-13-9(6-16-7)5-12(15)10-4-8-2-3-11(10)14-8/h6,8,10-11,14H,2-5H2,1H3. The molecule has 3 rings (SSSR count). The van der Waals surface area contributed by atoms with E-state index >= 15 is 0 Å². The van der Waals surface area contributed by atoms with Crippen molar-refractivity contribution in [2.75, 3.05) is 0 Å². The molecule has 4 heteroatoms. The van der Waals surface area contributed by atoms with Crippen molar-refractivity contribution in [3.63, 3.8) is 0 Å². The van der Waals surface area contributed by atoms with E-state index in [2.05, 4.69) is 10.3 Å². The summed E-state index contributed by atoms with van der Waals surface area (Å²) in [6.07, 6.45) is 4.01. The number of thiazole rings is 1. The molecule has 1 N–H and O–H groups in total. The van der Waals surface area contributed by atoms with Crippen LogP contribution in [0.25, 0.3) is 0 Å². The Morgan fingerprint density at radius 2 is 2.50 bits per heavy atom. The Hall–Kier alpha value is -0.740. The fourth-order valence-corrected chi connectivity index (χ4v) is 3.59. The number of ketones is 1. The lowest BCUT2D eigenvalue weighted by molar-refractivity contribution is -0.122.